The minimum absolute atomic E-state index is 0.258. The highest BCUT2D eigenvalue weighted by molar-refractivity contribution is 9.10. The number of fused-ring (bicyclic) bond motifs is 1. The number of ether oxygens (including phenoxy) is 2. The van der Waals surface area contributed by atoms with E-state index in [2.05, 4.69) is 34.3 Å². The summed E-state index contributed by atoms with van der Waals surface area (Å²) in [5, 5.41) is 10.4. The summed E-state index contributed by atoms with van der Waals surface area (Å²) in [6, 6.07) is 15.7. The number of nitrogens with zero attached hydrogens (tertiary/aromatic N) is 2. The van der Waals surface area contributed by atoms with Crippen molar-refractivity contribution in [1.29, 1.82) is 0 Å². The zero-order valence-electron chi connectivity index (χ0n) is 15.6. The topological polar surface area (TPSA) is 56.5 Å². The van der Waals surface area contributed by atoms with Gasteiger partial charge in [0.2, 0.25) is 0 Å². The summed E-state index contributed by atoms with van der Waals surface area (Å²) in [4.78, 5) is 4.70. The van der Waals surface area contributed by atoms with Gasteiger partial charge in [0.1, 0.15) is 18.2 Å². The summed E-state index contributed by atoms with van der Waals surface area (Å²) in [6.45, 7) is 5.81. The predicted octanol–water partition coefficient (Wildman–Crippen LogP) is 4.38. The number of rotatable bonds is 9. The highest BCUT2D eigenvalue weighted by Gasteiger charge is 2.16. The quantitative estimate of drug-likeness (QED) is 0.509. The van der Waals surface area contributed by atoms with Crippen molar-refractivity contribution in [2.75, 3.05) is 19.8 Å². The van der Waals surface area contributed by atoms with E-state index in [9.17, 15) is 5.11 Å². The molecule has 1 N–H and O–H groups in total. The Balaban J connectivity index is 1.49. The fourth-order valence-electron chi connectivity index (χ4n) is 2.96. The summed E-state index contributed by atoms with van der Waals surface area (Å²) in [5.41, 5.74) is 2.00. The Morgan fingerprint density at radius 2 is 1.81 bits per heavy atom. The molecule has 27 heavy (non-hydrogen) atoms. The normalized spacial score (nSPS) is 12.6. The minimum Gasteiger partial charge on any atom is -0.491 e. The first kappa shape index (κ1) is 19.9. The van der Waals surface area contributed by atoms with Crippen molar-refractivity contribution >= 4 is 27.0 Å². The van der Waals surface area contributed by atoms with Crippen LogP contribution >= 0.6 is 15.9 Å². The van der Waals surface area contributed by atoms with Gasteiger partial charge in [-0.25, -0.2) is 4.98 Å². The van der Waals surface area contributed by atoms with Crippen LogP contribution in [0.15, 0.2) is 53.0 Å². The van der Waals surface area contributed by atoms with Crippen molar-refractivity contribution in [2.24, 2.45) is 0 Å². The molecule has 0 aliphatic carbocycles. The first-order valence-corrected chi connectivity index (χ1v) is 9.93. The van der Waals surface area contributed by atoms with Crippen LogP contribution in [-0.2, 0) is 11.3 Å². The van der Waals surface area contributed by atoms with E-state index in [0.717, 1.165) is 27.1 Å². The maximum atomic E-state index is 10.4. The van der Waals surface area contributed by atoms with E-state index in [1.54, 1.807) is 0 Å². The fourth-order valence-corrected chi connectivity index (χ4v) is 3.22. The smallest absolute Gasteiger partial charge is 0.119 e. The maximum Gasteiger partial charge on any atom is 0.119 e. The van der Waals surface area contributed by atoms with Gasteiger partial charge in [0.05, 0.1) is 36.9 Å². The van der Waals surface area contributed by atoms with Gasteiger partial charge in [0.15, 0.2) is 0 Å². The molecule has 0 fully saturated rings. The van der Waals surface area contributed by atoms with Gasteiger partial charge < -0.3 is 19.1 Å². The highest BCUT2D eigenvalue weighted by Crippen LogP contribution is 2.22. The Morgan fingerprint density at radius 3 is 2.56 bits per heavy atom. The first-order valence-electron chi connectivity index (χ1n) is 9.14. The molecule has 0 bridgehead atoms. The highest BCUT2D eigenvalue weighted by atomic mass is 79.9. The monoisotopic (exact) mass is 432 g/mol. The van der Waals surface area contributed by atoms with E-state index in [1.807, 2.05) is 48.5 Å². The molecule has 0 amide bonds. The molecule has 144 valence electrons. The second kappa shape index (κ2) is 9.35. The average Bonchev–Trinajstić information content (AvgIpc) is 3.02. The van der Waals surface area contributed by atoms with Gasteiger partial charge >= 0.3 is 0 Å². The van der Waals surface area contributed by atoms with Crippen molar-refractivity contribution in [3.8, 4) is 5.75 Å². The number of imidazole rings is 1. The molecule has 3 aromatic rings. The standard InChI is InChI=1S/C21H25BrN2O3/c1-15(2)21-23-19-5-3-4-6-20(19)24(21)13-17(25)14-26-11-12-27-18-9-7-16(22)8-10-18/h3-10,15,17,25H,11-14H2,1-2H3. The van der Waals surface area contributed by atoms with Crippen molar-refractivity contribution in [3.63, 3.8) is 0 Å². The van der Waals surface area contributed by atoms with E-state index in [0.29, 0.717) is 19.8 Å². The van der Waals surface area contributed by atoms with E-state index in [-0.39, 0.29) is 12.5 Å². The lowest BCUT2D eigenvalue weighted by Gasteiger charge is -2.16. The molecule has 0 saturated heterocycles. The molecular weight excluding hydrogens is 408 g/mol. The van der Waals surface area contributed by atoms with Crippen molar-refractivity contribution in [3.05, 3.63) is 58.8 Å². The molecule has 2 aromatic carbocycles. The zero-order valence-corrected chi connectivity index (χ0v) is 17.2. The molecule has 0 radical (unpaired) electrons. The molecule has 1 atom stereocenters. The maximum absolute atomic E-state index is 10.4. The van der Waals surface area contributed by atoms with Crippen LogP contribution in [-0.4, -0.2) is 40.6 Å². The Morgan fingerprint density at radius 1 is 1.07 bits per heavy atom. The molecular formula is C21H25BrN2O3. The molecule has 0 aliphatic heterocycles. The number of halogens is 1. The Bertz CT molecular complexity index is 861. The van der Waals surface area contributed by atoms with Gasteiger partial charge in [0.25, 0.3) is 0 Å². The van der Waals surface area contributed by atoms with Crippen LogP contribution in [0.4, 0.5) is 0 Å². The van der Waals surface area contributed by atoms with E-state index in [1.165, 1.54) is 0 Å². The number of aromatic nitrogens is 2. The van der Waals surface area contributed by atoms with Crippen LogP contribution in [0.5, 0.6) is 5.75 Å². The molecule has 1 unspecified atom stereocenters. The molecule has 5 nitrogen and oxygen atoms in total. The van der Waals surface area contributed by atoms with Gasteiger partial charge in [-0.15, -0.1) is 0 Å². The second-order valence-electron chi connectivity index (χ2n) is 6.76. The van der Waals surface area contributed by atoms with Crippen LogP contribution in [0.25, 0.3) is 11.0 Å². The van der Waals surface area contributed by atoms with Gasteiger partial charge in [-0.2, -0.15) is 0 Å². The summed E-state index contributed by atoms with van der Waals surface area (Å²) >= 11 is 3.39. The second-order valence-corrected chi connectivity index (χ2v) is 7.67. The third-order valence-corrected chi connectivity index (χ3v) is 4.74. The van der Waals surface area contributed by atoms with Crippen molar-refractivity contribution in [2.45, 2.75) is 32.4 Å². The molecule has 6 heteroatoms. The Kier molecular flexibility index (Phi) is 6.88. The average molecular weight is 433 g/mol. The van der Waals surface area contributed by atoms with Gasteiger partial charge in [0, 0.05) is 10.4 Å². The van der Waals surface area contributed by atoms with Gasteiger partial charge in [-0.1, -0.05) is 41.9 Å². The van der Waals surface area contributed by atoms with Crippen LogP contribution in [0.2, 0.25) is 0 Å². The number of aliphatic hydroxyl groups is 1. The van der Waals surface area contributed by atoms with Gasteiger partial charge in [-0.3, -0.25) is 0 Å². The van der Waals surface area contributed by atoms with E-state index in [4.69, 9.17) is 14.5 Å². The number of para-hydroxylation sites is 2. The molecule has 0 spiro atoms. The summed E-state index contributed by atoms with van der Waals surface area (Å²) < 4.78 is 14.3. The van der Waals surface area contributed by atoms with Gasteiger partial charge in [-0.05, 0) is 36.4 Å². The molecule has 3 rings (SSSR count). The number of hydrogen-bond acceptors (Lipinski definition) is 4. The Labute approximate surface area is 168 Å². The van der Waals surface area contributed by atoms with Crippen LogP contribution in [0.3, 0.4) is 0 Å². The number of aliphatic hydroxyl groups excluding tert-OH is 1. The lowest BCUT2D eigenvalue weighted by Crippen LogP contribution is -2.24. The fraction of sp³-hybridized carbons (Fsp3) is 0.381. The lowest BCUT2D eigenvalue weighted by atomic mass is 10.2. The van der Waals surface area contributed by atoms with E-state index >= 15 is 0 Å². The third-order valence-electron chi connectivity index (χ3n) is 4.21. The van der Waals surface area contributed by atoms with Crippen molar-refractivity contribution < 1.29 is 14.6 Å². The predicted molar refractivity (Wildman–Crippen MR) is 110 cm³/mol. The third kappa shape index (κ3) is 5.31. The number of hydrogen-bond donors (Lipinski definition) is 1. The molecule has 0 aliphatic rings. The molecule has 1 aromatic heterocycles. The summed E-state index contributed by atoms with van der Waals surface area (Å²) in [5.74, 6) is 2.06. The SMILES string of the molecule is CC(C)c1nc2ccccc2n1CC(O)COCCOc1ccc(Br)cc1. The summed E-state index contributed by atoms with van der Waals surface area (Å²) in [7, 11) is 0. The Hall–Kier alpha value is -1.89. The molecule has 1 heterocycles. The largest absolute Gasteiger partial charge is 0.491 e. The van der Waals surface area contributed by atoms with Crippen LogP contribution < -0.4 is 4.74 Å². The first-order chi connectivity index (χ1) is 13.0. The van der Waals surface area contributed by atoms with Crippen LogP contribution in [0.1, 0.15) is 25.6 Å². The minimum atomic E-state index is -0.604. The van der Waals surface area contributed by atoms with Crippen molar-refractivity contribution in [1.82, 2.24) is 9.55 Å². The zero-order chi connectivity index (χ0) is 19.2. The number of benzene rings is 2. The lowest BCUT2D eigenvalue weighted by molar-refractivity contribution is 0.0174. The van der Waals surface area contributed by atoms with E-state index < -0.39 is 6.10 Å². The van der Waals surface area contributed by atoms with Crippen LogP contribution in [0, 0.1) is 0 Å². The molecule has 0 saturated carbocycles. The summed E-state index contributed by atoms with van der Waals surface area (Å²) in [6.07, 6.45) is -0.604.